The van der Waals surface area contributed by atoms with Crippen molar-refractivity contribution in [2.45, 2.75) is 20.1 Å². The molecule has 1 unspecified atom stereocenters. The van der Waals surface area contributed by atoms with Crippen LogP contribution >= 0.6 is 0 Å². The van der Waals surface area contributed by atoms with Crippen LogP contribution in [0.5, 0.6) is 0 Å². The van der Waals surface area contributed by atoms with Crippen molar-refractivity contribution in [1.29, 1.82) is 0 Å². The van der Waals surface area contributed by atoms with Gasteiger partial charge in [-0.25, -0.2) is 0 Å². The number of hydrogen-bond donors (Lipinski definition) is 2. The maximum atomic E-state index is 11.6. The van der Waals surface area contributed by atoms with Crippen molar-refractivity contribution in [3.8, 4) is 0 Å². The molecule has 0 aliphatic heterocycles. The molecule has 0 aliphatic rings. The van der Waals surface area contributed by atoms with E-state index >= 15 is 0 Å². The van der Waals surface area contributed by atoms with Gasteiger partial charge < -0.3 is 15.8 Å². The molecule has 1 rings (SSSR count). The van der Waals surface area contributed by atoms with Gasteiger partial charge in [0, 0.05) is 26.1 Å². The van der Waals surface area contributed by atoms with E-state index in [-0.39, 0.29) is 11.8 Å². The number of carbonyl (C=O) groups is 1. The third-order valence-electron chi connectivity index (χ3n) is 2.67. The highest BCUT2D eigenvalue weighted by Gasteiger charge is 2.10. The van der Waals surface area contributed by atoms with Gasteiger partial charge in [0.25, 0.3) is 0 Å². The Bertz CT molecular complexity index is 366. The molecule has 0 fully saturated rings. The molecular weight excluding hydrogens is 216 g/mol. The van der Waals surface area contributed by atoms with Crippen LogP contribution in [0, 0.1) is 5.92 Å². The summed E-state index contributed by atoms with van der Waals surface area (Å²) in [5.74, 6) is -0.163. The average molecular weight is 236 g/mol. The Morgan fingerprint density at radius 2 is 2.06 bits per heavy atom. The molecular formula is C13H20N2O2. The summed E-state index contributed by atoms with van der Waals surface area (Å²) in [6, 6.07) is 7.90. The van der Waals surface area contributed by atoms with E-state index in [1.54, 1.807) is 7.11 Å². The largest absolute Gasteiger partial charge is 0.380 e. The van der Waals surface area contributed by atoms with Crippen LogP contribution in [0.4, 0.5) is 0 Å². The smallest absolute Gasteiger partial charge is 0.224 e. The Morgan fingerprint density at radius 1 is 1.41 bits per heavy atom. The van der Waals surface area contributed by atoms with Gasteiger partial charge in [-0.3, -0.25) is 4.79 Å². The number of methoxy groups -OCH3 is 1. The highest BCUT2D eigenvalue weighted by atomic mass is 16.5. The summed E-state index contributed by atoms with van der Waals surface area (Å²) in [6.45, 7) is 3.25. The van der Waals surface area contributed by atoms with Gasteiger partial charge in [-0.2, -0.15) is 0 Å². The van der Waals surface area contributed by atoms with Crippen molar-refractivity contribution in [3.63, 3.8) is 0 Å². The Balaban J connectivity index is 2.59. The molecule has 0 bridgehead atoms. The Labute approximate surface area is 102 Å². The summed E-state index contributed by atoms with van der Waals surface area (Å²) in [7, 11) is 1.66. The highest BCUT2D eigenvalue weighted by Crippen LogP contribution is 2.09. The summed E-state index contributed by atoms with van der Waals surface area (Å²) in [4.78, 5) is 11.6. The van der Waals surface area contributed by atoms with Crippen LogP contribution in [0.3, 0.4) is 0 Å². The molecule has 0 aliphatic carbocycles. The van der Waals surface area contributed by atoms with Crippen molar-refractivity contribution in [1.82, 2.24) is 5.32 Å². The van der Waals surface area contributed by atoms with Crippen LogP contribution in [-0.2, 0) is 22.7 Å². The molecule has 4 heteroatoms. The predicted molar refractivity (Wildman–Crippen MR) is 67.2 cm³/mol. The van der Waals surface area contributed by atoms with E-state index in [0.29, 0.717) is 19.7 Å². The first-order chi connectivity index (χ1) is 8.19. The second-order valence-electron chi connectivity index (χ2n) is 4.06. The number of ether oxygens (including phenoxy) is 1. The molecule has 17 heavy (non-hydrogen) atoms. The molecule has 1 amide bonds. The SMILES string of the molecule is COCc1ccccc1CNC(=O)C(C)CN. The third-order valence-corrected chi connectivity index (χ3v) is 2.67. The van der Waals surface area contributed by atoms with Gasteiger partial charge in [0.2, 0.25) is 5.91 Å². The summed E-state index contributed by atoms with van der Waals surface area (Å²) in [5.41, 5.74) is 7.61. The molecule has 1 aromatic rings. The van der Waals surface area contributed by atoms with Gasteiger partial charge in [-0.15, -0.1) is 0 Å². The normalized spacial score (nSPS) is 12.2. The van der Waals surface area contributed by atoms with Crippen molar-refractivity contribution in [2.24, 2.45) is 11.7 Å². The summed E-state index contributed by atoms with van der Waals surface area (Å²) < 4.78 is 5.11. The molecule has 3 N–H and O–H groups in total. The van der Waals surface area contributed by atoms with Crippen LogP contribution in [-0.4, -0.2) is 19.6 Å². The van der Waals surface area contributed by atoms with E-state index in [2.05, 4.69) is 5.32 Å². The minimum Gasteiger partial charge on any atom is -0.380 e. The Kier molecular flexibility index (Phi) is 5.66. The van der Waals surface area contributed by atoms with Crippen molar-refractivity contribution >= 4 is 5.91 Å². The molecule has 0 saturated carbocycles. The maximum Gasteiger partial charge on any atom is 0.224 e. The second kappa shape index (κ2) is 7.04. The fourth-order valence-electron chi connectivity index (χ4n) is 1.49. The molecule has 94 valence electrons. The van der Waals surface area contributed by atoms with E-state index in [1.807, 2.05) is 31.2 Å². The summed E-state index contributed by atoms with van der Waals surface area (Å²) >= 11 is 0. The number of carbonyl (C=O) groups excluding carboxylic acids is 1. The lowest BCUT2D eigenvalue weighted by molar-refractivity contribution is -0.124. The van der Waals surface area contributed by atoms with E-state index < -0.39 is 0 Å². The van der Waals surface area contributed by atoms with Crippen molar-refractivity contribution < 1.29 is 9.53 Å². The van der Waals surface area contributed by atoms with Crippen LogP contribution in [0.2, 0.25) is 0 Å². The predicted octanol–water partition coefficient (Wildman–Crippen LogP) is 1.04. The number of amides is 1. The van der Waals surface area contributed by atoms with Crippen molar-refractivity contribution in [3.05, 3.63) is 35.4 Å². The Morgan fingerprint density at radius 3 is 2.65 bits per heavy atom. The molecule has 0 radical (unpaired) electrons. The summed E-state index contributed by atoms with van der Waals surface area (Å²) in [5, 5.41) is 2.87. The lowest BCUT2D eigenvalue weighted by Gasteiger charge is -2.12. The van der Waals surface area contributed by atoms with Gasteiger partial charge in [0.1, 0.15) is 0 Å². The fraction of sp³-hybridized carbons (Fsp3) is 0.462. The lowest BCUT2D eigenvalue weighted by atomic mass is 10.1. The van der Waals surface area contributed by atoms with Crippen LogP contribution < -0.4 is 11.1 Å². The van der Waals surface area contributed by atoms with Gasteiger partial charge in [-0.05, 0) is 11.1 Å². The third kappa shape index (κ3) is 4.17. The topological polar surface area (TPSA) is 64.3 Å². The number of rotatable bonds is 6. The van der Waals surface area contributed by atoms with Gasteiger partial charge in [0.15, 0.2) is 0 Å². The molecule has 0 saturated heterocycles. The minimum absolute atomic E-state index is 0.0141. The first-order valence-electron chi connectivity index (χ1n) is 5.72. The molecule has 1 aromatic carbocycles. The van der Waals surface area contributed by atoms with E-state index in [0.717, 1.165) is 11.1 Å². The van der Waals surface area contributed by atoms with Gasteiger partial charge in [0.05, 0.1) is 6.61 Å². The number of nitrogens with two attached hydrogens (primary N) is 1. The van der Waals surface area contributed by atoms with Gasteiger partial charge >= 0.3 is 0 Å². The average Bonchev–Trinajstić information content (AvgIpc) is 2.36. The number of benzene rings is 1. The first-order valence-corrected chi connectivity index (χ1v) is 5.72. The number of hydrogen-bond acceptors (Lipinski definition) is 3. The zero-order valence-electron chi connectivity index (χ0n) is 10.4. The number of nitrogens with one attached hydrogen (secondary N) is 1. The maximum absolute atomic E-state index is 11.6. The van der Waals surface area contributed by atoms with Crippen LogP contribution in [0.1, 0.15) is 18.1 Å². The summed E-state index contributed by atoms with van der Waals surface area (Å²) in [6.07, 6.45) is 0. The minimum atomic E-state index is -0.149. The van der Waals surface area contributed by atoms with Crippen LogP contribution in [0.25, 0.3) is 0 Å². The quantitative estimate of drug-likeness (QED) is 0.775. The molecule has 4 nitrogen and oxygen atoms in total. The monoisotopic (exact) mass is 236 g/mol. The zero-order chi connectivity index (χ0) is 12.7. The molecule has 1 atom stereocenters. The fourth-order valence-corrected chi connectivity index (χ4v) is 1.49. The second-order valence-corrected chi connectivity index (χ2v) is 4.06. The van der Waals surface area contributed by atoms with Crippen LogP contribution in [0.15, 0.2) is 24.3 Å². The zero-order valence-corrected chi connectivity index (χ0v) is 10.4. The lowest BCUT2D eigenvalue weighted by Crippen LogP contribution is -2.33. The van der Waals surface area contributed by atoms with E-state index in [1.165, 1.54) is 0 Å². The molecule has 0 aromatic heterocycles. The van der Waals surface area contributed by atoms with E-state index in [4.69, 9.17) is 10.5 Å². The van der Waals surface area contributed by atoms with E-state index in [9.17, 15) is 4.79 Å². The van der Waals surface area contributed by atoms with Crippen molar-refractivity contribution in [2.75, 3.05) is 13.7 Å². The molecule has 0 heterocycles. The van der Waals surface area contributed by atoms with Gasteiger partial charge in [-0.1, -0.05) is 31.2 Å². The standard InChI is InChI=1S/C13H20N2O2/c1-10(7-14)13(16)15-8-11-5-3-4-6-12(11)9-17-2/h3-6,10H,7-9,14H2,1-2H3,(H,15,16). The molecule has 0 spiro atoms. The Hall–Kier alpha value is -1.39. The highest BCUT2D eigenvalue weighted by molar-refractivity contribution is 5.78. The first kappa shape index (κ1) is 13.7.